The third kappa shape index (κ3) is 6.15. The van der Waals surface area contributed by atoms with Gasteiger partial charge in [-0.05, 0) is 55.5 Å². The van der Waals surface area contributed by atoms with E-state index in [1.165, 1.54) is 59.0 Å². The Bertz CT molecular complexity index is 1370. The molecule has 0 spiro atoms. The highest BCUT2D eigenvalue weighted by atomic mass is 32.2. The van der Waals surface area contributed by atoms with Crippen LogP contribution >= 0.6 is 11.3 Å². The minimum atomic E-state index is -3.79. The Labute approximate surface area is 233 Å². The van der Waals surface area contributed by atoms with Gasteiger partial charge in [-0.3, -0.25) is 14.4 Å². The van der Waals surface area contributed by atoms with E-state index in [0.717, 1.165) is 29.7 Å². The van der Waals surface area contributed by atoms with E-state index >= 15 is 0 Å². The molecule has 1 aromatic heterocycles. The van der Waals surface area contributed by atoms with Gasteiger partial charge in [0.25, 0.3) is 11.8 Å². The molecule has 0 radical (unpaired) electrons. The lowest BCUT2D eigenvalue weighted by molar-refractivity contribution is -0.129. The van der Waals surface area contributed by atoms with Gasteiger partial charge in [-0.25, -0.2) is 8.42 Å². The van der Waals surface area contributed by atoms with Crippen molar-refractivity contribution in [3.63, 3.8) is 0 Å². The summed E-state index contributed by atoms with van der Waals surface area (Å²) in [6.45, 7) is 11.3. The van der Waals surface area contributed by atoms with E-state index in [0.29, 0.717) is 43.2 Å². The lowest BCUT2D eigenvalue weighted by Crippen LogP contribution is -2.38. The maximum Gasteiger partial charge on any atom is 0.257 e. The quantitative estimate of drug-likeness (QED) is 0.461. The number of amides is 3. The molecule has 2 aliphatic heterocycles. The number of carbonyl (C=O) groups excluding carboxylic acids is 3. The largest absolute Gasteiger partial charge is 0.339 e. The van der Waals surface area contributed by atoms with Crippen molar-refractivity contribution >= 4 is 44.1 Å². The fraction of sp³-hybridized carbons (Fsp3) is 0.393. The molecule has 0 atom stereocenters. The number of likely N-dealkylation sites (tertiary alicyclic amines) is 1. The first-order valence-electron chi connectivity index (χ1n) is 13.0. The fourth-order valence-corrected chi connectivity index (χ4v) is 7.53. The molecule has 2 aromatic rings. The maximum atomic E-state index is 13.6. The van der Waals surface area contributed by atoms with Crippen molar-refractivity contribution < 1.29 is 22.8 Å². The molecule has 0 bridgehead atoms. The minimum absolute atomic E-state index is 0.0293. The van der Waals surface area contributed by atoms with Crippen molar-refractivity contribution in [3.8, 4) is 0 Å². The predicted octanol–water partition coefficient (Wildman–Crippen LogP) is 3.89. The summed E-state index contributed by atoms with van der Waals surface area (Å²) in [5.74, 6) is -0.564. The van der Waals surface area contributed by atoms with Gasteiger partial charge in [0, 0.05) is 50.1 Å². The van der Waals surface area contributed by atoms with Crippen LogP contribution in [-0.4, -0.2) is 73.0 Å². The molecule has 39 heavy (non-hydrogen) atoms. The first-order chi connectivity index (χ1) is 18.7. The van der Waals surface area contributed by atoms with Crippen molar-refractivity contribution in [2.75, 3.05) is 38.0 Å². The van der Waals surface area contributed by atoms with E-state index in [-0.39, 0.29) is 35.4 Å². The van der Waals surface area contributed by atoms with Crippen LogP contribution < -0.4 is 5.32 Å². The second kappa shape index (κ2) is 12.3. The average molecular weight is 571 g/mol. The van der Waals surface area contributed by atoms with Crippen LogP contribution in [0.15, 0.2) is 54.5 Å². The van der Waals surface area contributed by atoms with Crippen LogP contribution in [0.25, 0.3) is 0 Å². The number of nitrogens with zero attached hydrogens (tertiary/aromatic N) is 3. The second-order valence-electron chi connectivity index (χ2n) is 9.63. The monoisotopic (exact) mass is 570 g/mol. The van der Waals surface area contributed by atoms with Crippen LogP contribution in [0.2, 0.25) is 0 Å². The van der Waals surface area contributed by atoms with Crippen molar-refractivity contribution in [2.24, 2.45) is 0 Å². The van der Waals surface area contributed by atoms with Gasteiger partial charge in [-0.1, -0.05) is 12.2 Å². The summed E-state index contributed by atoms with van der Waals surface area (Å²) >= 11 is 1.33. The molecule has 1 aromatic carbocycles. The Morgan fingerprint density at radius 2 is 1.64 bits per heavy atom. The van der Waals surface area contributed by atoms with Gasteiger partial charge in [0.1, 0.15) is 5.00 Å². The van der Waals surface area contributed by atoms with Crippen LogP contribution in [0, 0.1) is 0 Å². The Kier molecular flexibility index (Phi) is 9.04. The molecular formula is C28H34N4O5S2. The molecule has 0 unspecified atom stereocenters. The van der Waals surface area contributed by atoms with Gasteiger partial charge in [-0.15, -0.1) is 24.5 Å². The summed E-state index contributed by atoms with van der Waals surface area (Å²) in [5, 5.41) is 3.38. The fourth-order valence-electron chi connectivity index (χ4n) is 4.90. The summed E-state index contributed by atoms with van der Waals surface area (Å²) in [7, 11) is -3.79. The second-order valence-corrected chi connectivity index (χ2v) is 12.7. The lowest BCUT2D eigenvalue weighted by Gasteiger charge is -2.29. The van der Waals surface area contributed by atoms with Crippen LogP contribution in [0.3, 0.4) is 0 Å². The Balaban J connectivity index is 1.61. The van der Waals surface area contributed by atoms with E-state index < -0.39 is 15.9 Å². The highest BCUT2D eigenvalue weighted by Crippen LogP contribution is 2.38. The molecular weight excluding hydrogens is 536 g/mol. The smallest absolute Gasteiger partial charge is 0.257 e. The number of piperidine rings is 1. The van der Waals surface area contributed by atoms with Crippen molar-refractivity contribution in [2.45, 2.75) is 44.0 Å². The van der Waals surface area contributed by atoms with E-state index in [9.17, 15) is 22.8 Å². The maximum absolute atomic E-state index is 13.6. The number of thiophene rings is 1. The van der Waals surface area contributed by atoms with Crippen molar-refractivity contribution in [3.05, 3.63) is 71.1 Å². The minimum Gasteiger partial charge on any atom is -0.339 e. The summed E-state index contributed by atoms with van der Waals surface area (Å²) in [5.41, 5.74) is 1.67. The third-order valence-corrected chi connectivity index (χ3v) is 9.98. The zero-order chi connectivity index (χ0) is 28.2. The highest BCUT2D eigenvalue weighted by molar-refractivity contribution is 7.89. The zero-order valence-corrected chi connectivity index (χ0v) is 23.8. The standard InChI is InChI=1S/C28H34N4O5S2/c1-4-14-32(15-5-2)39(36,37)22-11-9-21(10-12-22)26(34)29-27-25(28(35)30-16-7-6-8-17-30)23-13-18-31(20(3)33)19-24(23)38-27/h4-5,9-12H,1-2,6-8,13-19H2,3H3,(H,29,34). The van der Waals surface area contributed by atoms with Gasteiger partial charge in [0.2, 0.25) is 15.9 Å². The SMILES string of the molecule is C=CCN(CC=C)S(=O)(=O)c1ccc(C(=O)Nc2sc3c(c2C(=O)N2CCCCC2)CCN(C(C)=O)C3)cc1. The highest BCUT2D eigenvalue weighted by Gasteiger charge is 2.32. The Morgan fingerprint density at radius 1 is 1.00 bits per heavy atom. The molecule has 3 amide bonds. The normalized spacial score (nSPS) is 15.5. The molecule has 2 aliphatic rings. The number of rotatable bonds is 9. The first kappa shape index (κ1) is 28.7. The van der Waals surface area contributed by atoms with E-state index in [2.05, 4.69) is 18.5 Å². The zero-order valence-electron chi connectivity index (χ0n) is 22.1. The van der Waals surface area contributed by atoms with Crippen LogP contribution in [0.4, 0.5) is 5.00 Å². The number of nitrogens with one attached hydrogen (secondary N) is 1. The summed E-state index contributed by atoms with van der Waals surface area (Å²) < 4.78 is 27.2. The summed E-state index contributed by atoms with van der Waals surface area (Å²) in [4.78, 5) is 43.4. The van der Waals surface area contributed by atoms with Gasteiger partial charge < -0.3 is 15.1 Å². The topological polar surface area (TPSA) is 107 Å². The number of anilines is 1. The number of carbonyl (C=O) groups is 3. The first-order valence-corrected chi connectivity index (χ1v) is 15.3. The number of fused-ring (bicyclic) bond motifs is 1. The van der Waals surface area contributed by atoms with E-state index in [1.807, 2.05) is 4.90 Å². The Morgan fingerprint density at radius 3 is 2.23 bits per heavy atom. The molecule has 0 aliphatic carbocycles. The number of hydrogen-bond donors (Lipinski definition) is 1. The van der Waals surface area contributed by atoms with E-state index in [4.69, 9.17) is 0 Å². The van der Waals surface area contributed by atoms with Crippen LogP contribution in [-0.2, 0) is 27.8 Å². The molecule has 1 N–H and O–H groups in total. The number of benzene rings is 1. The lowest BCUT2D eigenvalue weighted by atomic mass is 10.0. The Hall–Kier alpha value is -3.28. The molecule has 0 saturated carbocycles. The molecule has 4 rings (SSSR count). The summed E-state index contributed by atoms with van der Waals surface area (Å²) in [6, 6.07) is 5.71. The number of sulfonamides is 1. The van der Waals surface area contributed by atoms with Crippen molar-refractivity contribution in [1.29, 1.82) is 0 Å². The van der Waals surface area contributed by atoms with Gasteiger partial charge in [0.05, 0.1) is 17.0 Å². The molecule has 11 heteroatoms. The van der Waals surface area contributed by atoms with E-state index in [1.54, 1.807) is 4.90 Å². The number of hydrogen-bond acceptors (Lipinski definition) is 6. The third-order valence-electron chi connectivity index (χ3n) is 7.01. The molecule has 208 valence electrons. The molecule has 3 heterocycles. The van der Waals surface area contributed by atoms with Crippen LogP contribution in [0.1, 0.15) is 57.3 Å². The van der Waals surface area contributed by atoms with Gasteiger partial charge >= 0.3 is 0 Å². The van der Waals surface area contributed by atoms with Gasteiger partial charge in [-0.2, -0.15) is 4.31 Å². The summed E-state index contributed by atoms with van der Waals surface area (Å²) in [6.07, 6.45) is 6.54. The van der Waals surface area contributed by atoms with Crippen molar-refractivity contribution in [1.82, 2.24) is 14.1 Å². The molecule has 9 nitrogen and oxygen atoms in total. The molecule has 1 fully saturated rings. The van der Waals surface area contributed by atoms with Crippen LogP contribution in [0.5, 0.6) is 0 Å². The predicted molar refractivity (Wildman–Crippen MR) is 152 cm³/mol. The molecule has 1 saturated heterocycles. The average Bonchev–Trinajstić information content (AvgIpc) is 3.29. The van der Waals surface area contributed by atoms with Gasteiger partial charge in [0.15, 0.2) is 0 Å².